The minimum atomic E-state index is -3.31. The van der Waals surface area contributed by atoms with Crippen molar-refractivity contribution in [1.82, 2.24) is 19.4 Å². The van der Waals surface area contributed by atoms with E-state index in [1.54, 1.807) is 0 Å². The van der Waals surface area contributed by atoms with E-state index in [2.05, 4.69) is 5.32 Å². The lowest BCUT2D eigenvalue weighted by molar-refractivity contribution is -0.133. The van der Waals surface area contributed by atoms with Crippen molar-refractivity contribution in [3.8, 4) is 0 Å². The molecule has 164 valence electrons. The Morgan fingerprint density at radius 3 is 2.47 bits per heavy atom. The third kappa shape index (κ3) is 3.69. The Labute approximate surface area is 178 Å². The van der Waals surface area contributed by atoms with Crippen molar-refractivity contribution in [2.24, 2.45) is 11.8 Å². The number of hydrogen-bond donors (Lipinski definition) is 1. The van der Waals surface area contributed by atoms with Gasteiger partial charge in [-0.2, -0.15) is 0 Å². The second kappa shape index (κ2) is 7.85. The predicted molar refractivity (Wildman–Crippen MR) is 113 cm³/mol. The second-order valence-electron chi connectivity index (χ2n) is 8.75. The van der Waals surface area contributed by atoms with E-state index >= 15 is 0 Å². The molecule has 1 aromatic carbocycles. The highest BCUT2D eigenvalue weighted by Gasteiger charge is 2.61. The van der Waals surface area contributed by atoms with Crippen LogP contribution in [0.3, 0.4) is 0 Å². The molecule has 8 nitrogen and oxygen atoms in total. The van der Waals surface area contributed by atoms with Gasteiger partial charge >= 0.3 is 6.03 Å². The van der Waals surface area contributed by atoms with E-state index < -0.39 is 10.0 Å². The Morgan fingerprint density at radius 2 is 1.83 bits per heavy atom. The number of nitrogens with zero attached hydrogens (tertiary/aromatic N) is 3. The van der Waals surface area contributed by atoms with Crippen molar-refractivity contribution >= 4 is 22.0 Å². The number of fused-ring (bicyclic) bond motifs is 2. The van der Waals surface area contributed by atoms with Crippen LogP contribution < -0.4 is 5.32 Å². The minimum absolute atomic E-state index is 0.00647. The molecule has 30 heavy (non-hydrogen) atoms. The Kier molecular flexibility index (Phi) is 5.52. The lowest BCUT2D eigenvalue weighted by Gasteiger charge is -2.46. The zero-order chi connectivity index (χ0) is 21.5. The molecule has 3 fully saturated rings. The van der Waals surface area contributed by atoms with Gasteiger partial charge in [-0.25, -0.2) is 17.5 Å². The zero-order valence-electron chi connectivity index (χ0n) is 17.6. The normalized spacial score (nSPS) is 26.3. The quantitative estimate of drug-likeness (QED) is 0.757. The molecule has 0 bridgehead atoms. The number of benzene rings is 1. The van der Waals surface area contributed by atoms with Gasteiger partial charge in [0.2, 0.25) is 15.9 Å². The van der Waals surface area contributed by atoms with Gasteiger partial charge in [0.25, 0.3) is 0 Å². The van der Waals surface area contributed by atoms with Gasteiger partial charge < -0.3 is 15.1 Å². The fourth-order valence-electron chi connectivity index (χ4n) is 5.42. The van der Waals surface area contributed by atoms with Crippen molar-refractivity contribution < 1.29 is 18.0 Å². The highest BCUT2D eigenvalue weighted by atomic mass is 32.2. The molecule has 1 N–H and O–H groups in total. The Bertz CT molecular complexity index is 912. The van der Waals surface area contributed by atoms with E-state index in [0.29, 0.717) is 39.0 Å². The molecule has 0 unspecified atom stereocenters. The van der Waals surface area contributed by atoms with Crippen LogP contribution in [-0.2, 0) is 21.2 Å². The summed E-state index contributed by atoms with van der Waals surface area (Å²) in [5, 5.41) is 2.99. The molecule has 3 aliphatic heterocycles. The van der Waals surface area contributed by atoms with E-state index in [4.69, 9.17) is 0 Å². The smallest absolute Gasteiger partial charge is 0.317 e. The third-order valence-electron chi connectivity index (χ3n) is 7.21. The fraction of sp³-hybridized carbons (Fsp3) is 0.619. The van der Waals surface area contributed by atoms with E-state index in [-0.39, 0.29) is 35.9 Å². The molecular formula is C21H30N4O4S. The third-order valence-corrected chi connectivity index (χ3v) is 8.45. The van der Waals surface area contributed by atoms with Crippen molar-refractivity contribution in [3.05, 3.63) is 35.9 Å². The van der Waals surface area contributed by atoms with Gasteiger partial charge in [0.1, 0.15) is 0 Å². The number of piperidine rings is 1. The first-order chi connectivity index (χ1) is 14.2. The number of sulfonamides is 1. The molecular weight excluding hydrogens is 404 g/mol. The number of likely N-dealkylation sites (tertiary alicyclic amines) is 2. The summed E-state index contributed by atoms with van der Waals surface area (Å²) >= 11 is 0. The van der Waals surface area contributed by atoms with Gasteiger partial charge in [-0.3, -0.25) is 4.79 Å². The lowest BCUT2D eigenvalue weighted by atomic mass is 9.75. The zero-order valence-corrected chi connectivity index (χ0v) is 18.4. The SMILES string of the molecule is CN1C(=O)[C@@H]2CN(S(C)(=O)=O)C[C@@H]2C12CCN(C(=O)NCCc1ccccc1)CC2. The number of rotatable bonds is 4. The number of urea groups is 1. The standard InChI is InChI=1S/C21H30N4O4S/c1-23-19(26)17-14-25(30(2,28)29)15-18(17)21(23)9-12-24(13-10-21)20(27)22-11-8-16-6-4-3-5-7-16/h3-7,17-18H,8-15H2,1-2H3,(H,22,27)/t17-,18+/m1/s1. The van der Waals surface area contributed by atoms with Crippen LogP contribution in [0.4, 0.5) is 4.79 Å². The molecule has 3 saturated heterocycles. The van der Waals surface area contributed by atoms with Crippen molar-refractivity contribution in [3.63, 3.8) is 0 Å². The largest absolute Gasteiger partial charge is 0.339 e. The number of hydrogen-bond acceptors (Lipinski definition) is 4. The van der Waals surface area contributed by atoms with Crippen molar-refractivity contribution in [2.75, 3.05) is 46.0 Å². The van der Waals surface area contributed by atoms with Crippen LogP contribution in [0.25, 0.3) is 0 Å². The molecule has 0 radical (unpaired) electrons. The first kappa shape index (κ1) is 21.1. The Hall–Kier alpha value is -2.13. The van der Waals surface area contributed by atoms with E-state index in [9.17, 15) is 18.0 Å². The van der Waals surface area contributed by atoms with Crippen LogP contribution in [0, 0.1) is 11.8 Å². The first-order valence-electron chi connectivity index (χ1n) is 10.5. The van der Waals surface area contributed by atoms with Crippen LogP contribution in [0.15, 0.2) is 30.3 Å². The predicted octanol–water partition coefficient (Wildman–Crippen LogP) is 0.753. The topological polar surface area (TPSA) is 90.0 Å². The minimum Gasteiger partial charge on any atom is -0.339 e. The van der Waals surface area contributed by atoms with Gasteiger partial charge in [-0.05, 0) is 24.8 Å². The van der Waals surface area contributed by atoms with Crippen LogP contribution in [0.2, 0.25) is 0 Å². The maximum atomic E-state index is 12.8. The summed E-state index contributed by atoms with van der Waals surface area (Å²) in [4.78, 5) is 29.1. The highest BCUT2D eigenvalue weighted by Crippen LogP contribution is 2.49. The van der Waals surface area contributed by atoms with Crippen LogP contribution in [0.5, 0.6) is 0 Å². The van der Waals surface area contributed by atoms with Crippen molar-refractivity contribution in [1.29, 1.82) is 0 Å². The molecule has 3 amide bonds. The van der Waals surface area contributed by atoms with Gasteiger partial charge in [-0.15, -0.1) is 0 Å². The number of amides is 3. The molecule has 9 heteroatoms. The van der Waals surface area contributed by atoms with E-state index in [0.717, 1.165) is 6.42 Å². The summed E-state index contributed by atoms with van der Waals surface area (Å²) in [5.41, 5.74) is 0.825. The monoisotopic (exact) mass is 434 g/mol. The molecule has 1 spiro atoms. The summed E-state index contributed by atoms with van der Waals surface area (Å²) < 4.78 is 25.5. The van der Waals surface area contributed by atoms with Crippen LogP contribution in [0.1, 0.15) is 18.4 Å². The number of carbonyl (C=O) groups is 2. The Morgan fingerprint density at radius 1 is 1.17 bits per heavy atom. The van der Waals surface area contributed by atoms with Gasteiger partial charge in [0.05, 0.1) is 17.7 Å². The molecule has 0 saturated carbocycles. The van der Waals surface area contributed by atoms with E-state index in [1.807, 2.05) is 47.2 Å². The number of nitrogens with one attached hydrogen (secondary N) is 1. The fourth-order valence-corrected chi connectivity index (χ4v) is 6.29. The maximum absolute atomic E-state index is 12.8. The molecule has 3 aliphatic rings. The van der Waals surface area contributed by atoms with Crippen LogP contribution in [-0.4, -0.2) is 86.0 Å². The second-order valence-corrected chi connectivity index (χ2v) is 10.7. The summed E-state index contributed by atoms with van der Waals surface area (Å²) in [6.07, 6.45) is 3.35. The molecule has 2 atom stereocenters. The Balaban J connectivity index is 1.36. The van der Waals surface area contributed by atoms with Gasteiger partial charge in [-0.1, -0.05) is 30.3 Å². The molecule has 0 aromatic heterocycles. The summed E-state index contributed by atoms with van der Waals surface area (Å²) in [7, 11) is -1.48. The molecule has 1 aromatic rings. The summed E-state index contributed by atoms with van der Waals surface area (Å²) in [5.74, 6) is -0.240. The maximum Gasteiger partial charge on any atom is 0.317 e. The summed E-state index contributed by atoms with van der Waals surface area (Å²) in [6, 6.07) is 9.96. The molecule has 3 heterocycles. The average molecular weight is 435 g/mol. The highest BCUT2D eigenvalue weighted by molar-refractivity contribution is 7.88. The average Bonchev–Trinajstić information content (AvgIpc) is 3.26. The lowest BCUT2D eigenvalue weighted by Crippen LogP contribution is -2.58. The first-order valence-corrected chi connectivity index (χ1v) is 12.4. The molecule has 0 aliphatic carbocycles. The molecule has 4 rings (SSSR count). The van der Waals surface area contributed by atoms with E-state index in [1.165, 1.54) is 16.1 Å². The van der Waals surface area contributed by atoms with Gasteiger partial charge in [0, 0.05) is 45.7 Å². The number of carbonyl (C=O) groups excluding carboxylic acids is 2. The van der Waals surface area contributed by atoms with Crippen molar-refractivity contribution in [2.45, 2.75) is 24.8 Å². The van der Waals surface area contributed by atoms with Gasteiger partial charge in [0.15, 0.2) is 0 Å². The summed E-state index contributed by atoms with van der Waals surface area (Å²) in [6.45, 7) is 2.38. The van der Waals surface area contributed by atoms with Crippen LogP contribution >= 0.6 is 0 Å².